The number of allylic oxidation sites excluding steroid dienone is 27. The summed E-state index contributed by atoms with van der Waals surface area (Å²) in [6.45, 7) is 1.55. The van der Waals surface area contributed by atoms with Crippen molar-refractivity contribution in [2.24, 2.45) is 0 Å². The second-order valence-electron chi connectivity index (χ2n) is 26.4. The van der Waals surface area contributed by atoms with Gasteiger partial charge in [-0.05, 0) is 122 Å². The average Bonchev–Trinajstić information content (AvgIpc) is 0.755. The van der Waals surface area contributed by atoms with Gasteiger partial charge in [-0.1, -0.05) is 255 Å². The fourth-order valence-corrected chi connectivity index (χ4v) is 11.6. The number of nitrogens with one attached hydrogen (secondary N) is 1. The molecular formula is C83H133NO18. The highest BCUT2D eigenvalue weighted by Crippen LogP contribution is 2.33. The molecule has 19 heteroatoms. The second kappa shape index (κ2) is 61.3. The number of amides is 1. The highest BCUT2D eigenvalue weighted by Gasteiger charge is 2.53. The van der Waals surface area contributed by atoms with Crippen LogP contribution in [0.4, 0.5) is 0 Å². The number of unbranched alkanes of at least 4 members (excludes halogenated alkanes) is 15. The lowest BCUT2D eigenvalue weighted by molar-refractivity contribution is -0.379. The van der Waals surface area contributed by atoms with E-state index in [1.54, 1.807) is 6.08 Å². The minimum Gasteiger partial charge on any atom is -0.394 e. The molecule has 0 bridgehead atoms. The third-order valence-corrected chi connectivity index (χ3v) is 17.7. The van der Waals surface area contributed by atoms with Gasteiger partial charge in [0.2, 0.25) is 5.91 Å². The van der Waals surface area contributed by atoms with E-state index in [9.17, 15) is 61.0 Å². The monoisotopic (exact) mass is 1430 g/mol. The predicted octanol–water partition coefficient (Wildman–Crippen LogP) is 12.2. The number of carbonyl (C=O) groups is 1. The first-order chi connectivity index (χ1) is 49.8. The van der Waals surface area contributed by atoms with Gasteiger partial charge in [0.15, 0.2) is 18.9 Å². The first kappa shape index (κ1) is 91.4. The van der Waals surface area contributed by atoms with Crippen LogP contribution in [0.2, 0.25) is 0 Å². The molecule has 3 saturated heterocycles. The van der Waals surface area contributed by atoms with E-state index in [0.29, 0.717) is 12.8 Å². The maximum absolute atomic E-state index is 13.4. The van der Waals surface area contributed by atoms with Crippen molar-refractivity contribution in [3.05, 3.63) is 170 Å². The molecule has 19 nitrogen and oxygen atoms in total. The normalized spacial score (nSPS) is 27.2. The summed E-state index contributed by atoms with van der Waals surface area (Å²) < 4.78 is 34.3. The van der Waals surface area contributed by atoms with Crippen LogP contribution in [0, 0.1) is 0 Å². The molecule has 0 aromatic carbocycles. The first-order valence-corrected chi connectivity index (χ1v) is 38.4. The molecule has 0 radical (unpaired) electrons. The second-order valence-corrected chi connectivity index (χ2v) is 26.4. The van der Waals surface area contributed by atoms with Gasteiger partial charge in [0.1, 0.15) is 73.2 Å². The smallest absolute Gasteiger partial charge is 0.220 e. The number of aliphatic hydroxyl groups excluding tert-OH is 11. The number of hydrogen-bond acceptors (Lipinski definition) is 18. The van der Waals surface area contributed by atoms with Crippen LogP contribution in [0.3, 0.4) is 0 Å². The van der Waals surface area contributed by atoms with Gasteiger partial charge in [-0.3, -0.25) is 4.79 Å². The fraction of sp³-hybridized carbons (Fsp3) is 0.651. The van der Waals surface area contributed by atoms with Crippen LogP contribution in [0.25, 0.3) is 0 Å². The summed E-state index contributed by atoms with van der Waals surface area (Å²) in [4.78, 5) is 13.4. The molecule has 12 N–H and O–H groups in total. The first-order valence-electron chi connectivity index (χ1n) is 38.4. The number of hydrogen-bond donors (Lipinski definition) is 12. The molecule has 3 rings (SSSR count). The number of ether oxygens (including phenoxy) is 6. The topological polar surface area (TPSA) is 307 Å². The molecule has 17 atom stereocenters. The van der Waals surface area contributed by atoms with Crippen LogP contribution < -0.4 is 5.32 Å². The molecule has 0 saturated carbocycles. The zero-order chi connectivity index (χ0) is 73.9. The lowest BCUT2D eigenvalue weighted by Gasteiger charge is -2.48. The summed E-state index contributed by atoms with van der Waals surface area (Å²) >= 11 is 0. The Morgan fingerprint density at radius 2 is 0.686 bits per heavy atom. The van der Waals surface area contributed by atoms with Crippen molar-refractivity contribution in [1.29, 1.82) is 0 Å². The molecule has 3 aliphatic heterocycles. The summed E-state index contributed by atoms with van der Waals surface area (Å²) in [5, 5.41) is 121. The van der Waals surface area contributed by atoms with E-state index >= 15 is 0 Å². The van der Waals surface area contributed by atoms with Gasteiger partial charge in [0, 0.05) is 6.42 Å². The minimum absolute atomic E-state index is 0.194. The molecule has 0 aromatic rings. The predicted molar refractivity (Wildman–Crippen MR) is 405 cm³/mol. The number of aliphatic hydroxyl groups is 11. The Morgan fingerprint density at radius 1 is 0.363 bits per heavy atom. The van der Waals surface area contributed by atoms with Crippen molar-refractivity contribution < 1.29 is 89.4 Å². The lowest BCUT2D eigenvalue weighted by Crippen LogP contribution is -2.66. The van der Waals surface area contributed by atoms with Crippen LogP contribution in [0.15, 0.2) is 170 Å². The van der Waals surface area contributed by atoms with Crippen LogP contribution in [0.1, 0.15) is 213 Å². The SMILES string of the molecule is CC/C=C\C/C=C\C/C=C\C/C=C\C/C=C\C/C=C\C/C=C\C/C=C\C/C=C\C/C=C\C/C=C\C/C=C\CCCCCCC(=O)NC(COC1OC(CO)C(OC2OC(CO)C(OC3OC(CO)C(O)C(O)C3O)C(O)C2O)C(O)C1O)C(O)/C=C/CC/C=C/CCCCCCCCCCCC. The van der Waals surface area contributed by atoms with Crippen LogP contribution >= 0.6 is 0 Å². The molecule has 0 aromatic heterocycles. The third kappa shape index (κ3) is 41.2. The van der Waals surface area contributed by atoms with Gasteiger partial charge in [-0.25, -0.2) is 0 Å². The van der Waals surface area contributed by atoms with E-state index < -0.39 is 124 Å². The van der Waals surface area contributed by atoms with E-state index in [1.807, 2.05) is 6.08 Å². The third-order valence-electron chi connectivity index (χ3n) is 17.7. The quantitative estimate of drug-likeness (QED) is 0.0199. The zero-order valence-corrected chi connectivity index (χ0v) is 61.5. The highest BCUT2D eigenvalue weighted by atomic mass is 16.8. The molecule has 102 heavy (non-hydrogen) atoms. The summed E-state index contributed by atoms with van der Waals surface area (Å²) in [7, 11) is 0. The Kier molecular flexibility index (Phi) is 54.9. The van der Waals surface area contributed by atoms with E-state index in [-0.39, 0.29) is 18.9 Å². The van der Waals surface area contributed by atoms with Gasteiger partial charge in [-0.2, -0.15) is 0 Å². The Labute approximate surface area is 611 Å². The van der Waals surface area contributed by atoms with Crippen molar-refractivity contribution in [2.45, 2.75) is 317 Å². The van der Waals surface area contributed by atoms with Gasteiger partial charge in [-0.15, -0.1) is 0 Å². The van der Waals surface area contributed by atoms with Crippen molar-refractivity contribution in [3.8, 4) is 0 Å². The Hall–Kier alpha value is -4.85. The van der Waals surface area contributed by atoms with Crippen molar-refractivity contribution in [3.63, 3.8) is 0 Å². The molecule has 3 fully saturated rings. The highest BCUT2D eigenvalue weighted by molar-refractivity contribution is 5.76. The van der Waals surface area contributed by atoms with Crippen LogP contribution in [-0.2, 0) is 33.2 Å². The van der Waals surface area contributed by atoms with E-state index in [1.165, 1.54) is 57.8 Å². The molecule has 0 spiro atoms. The van der Waals surface area contributed by atoms with Gasteiger partial charge in [0.05, 0.1) is 38.6 Å². The maximum Gasteiger partial charge on any atom is 0.220 e. The van der Waals surface area contributed by atoms with Crippen LogP contribution in [0.5, 0.6) is 0 Å². The molecule has 3 heterocycles. The molecule has 0 aliphatic carbocycles. The molecule has 578 valence electrons. The van der Waals surface area contributed by atoms with Crippen molar-refractivity contribution >= 4 is 5.91 Å². The largest absolute Gasteiger partial charge is 0.394 e. The van der Waals surface area contributed by atoms with Gasteiger partial charge < -0.3 is 89.9 Å². The number of rotatable bonds is 57. The molecule has 1 amide bonds. The van der Waals surface area contributed by atoms with Crippen molar-refractivity contribution in [2.75, 3.05) is 26.4 Å². The number of carbonyl (C=O) groups excluding carboxylic acids is 1. The van der Waals surface area contributed by atoms with Crippen LogP contribution in [-0.4, -0.2) is 193 Å². The minimum atomic E-state index is -1.99. The fourth-order valence-electron chi connectivity index (χ4n) is 11.6. The average molecular weight is 1430 g/mol. The Balaban J connectivity index is 1.37. The Bertz CT molecular complexity index is 2510. The van der Waals surface area contributed by atoms with E-state index in [4.69, 9.17) is 28.4 Å². The summed E-state index contributed by atoms with van der Waals surface area (Å²) in [6, 6.07) is -1.02. The summed E-state index contributed by atoms with van der Waals surface area (Å²) in [5.41, 5.74) is 0. The van der Waals surface area contributed by atoms with Crippen molar-refractivity contribution in [1.82, 2.24) is 5.32 Å². The molecule has 3 aliphatic rings. The summed E-state index contributed by atoms with van der Waals surface area (Å²) in [6.07, 6.45) is 64.8. The van der Waals surface area contributed by atoms with E-state index in [2.05, 4.69) is 177 Å². The standard InChI is InChI=1S/C83H133NO18/c1-3-5-7-9-11-13-15-17-19-21-22-23-24-25-26-27-28-29-30-31-32-33-34-35-36-37-38-39-40-41-42-43-44-45-47-49-51-53-55-57-59-61-71(89)84-66(67(88)60-58-56-54-52-50-48-46-20-18-16-14-12-10-8-6-4-2)65-97-81-77(95)74(92)79(69(63-86)99-81)102-83-78(96)75(93)80(70(64-87)100-83)101-82-76(94)73(91)72(90)68(62-85)98-82/h5,7,11,13,17,19,22-23,25-26,28-29,31-32,34-35,37-38,40-41,43-44,47,49-50,52,58,60,66-70,72-83,85-88,90-96H,3-4,6,8-10,12,14-16,18,20-21,24,27,30,33,36,39,42,45-46,48,51,53-57,59,61-65H2,1-2H3,(H,84,89)/b7-5-,13-11-,19-17-,23-22-,26-25-,29-28-,32-31-,35-34-,38-37-,41-40-,44-43-,49-47-,52-50+,60-58+. The lowest BCUT2D eigenvalue weighted by atomic mass is 9.96. The molecule has 17 unspecified atom stereocenters. The van der Waals surface area contributed by atoms with Gasteiger partial charge >= 0.3 is 0 Å². The van der Waals surface area contributed by atoms with Gasteiger partial charge in [0.25, 0.3) is 0 Å². The maximum atomic E-state index is 13.4. The zero-order valence-electron chi connectivity index (χ0n) is 61.5. The van der Waals surface area contributed by atoms with E-state index in [0.717, 1.165) is 122 Å². The summed E-state index contributed by atoms with van der Waals surface area (Å²) in [5.74, 6) is -0.317. The molecular weight excluding hydrogens is 1300 g/mol. The Morgan fingerprint density at radius 3 is 1.10 bits per heavy atom.